The maximum atomic E-state index is 6.78. The minimum absolute atomic E-state index is 0.894. The molecule has 0 fully saturated rings. The highest BCUT2D eigenvalue weighted by molar-refractivity contribution is 6.28. The molecule has 0 unspecified atom stereocenters. The first-order valence-corrected chi connectivity index (χ1v) is 13.6. The molecule has 0 aliphatic rings. The molecule has 0 amide bonds. The van der Waals surface area contributed by atoms with Crippen molar-refractivity contribution in [2.45, 2.75) is 0 Å². The van der Waals surface area contributed by atoms with Gasteiger partial charge in [0, 0.05) is 32.7 Å². The molecule has 0 saturated heterocycles. The van der Waals surface area contributed by atoms with Gasteiger partial charge < -0.3 is 8.83 Å². The fourth-order valence-electron chi connectivity index (χ4n) is 6.54. The molecule has 0 bridgehead atoms. The Labute approximate surface area is 229 Å². The Morgan fingerprint density at radius 2 is 0.975 bits per heavy atom. The average molecular weight is 511 g/mol. The van der Waals surface area contributed by atoms with Gasteiger partial charge in [0.25, 0.3) is 0 Å². The summed E-state index contributed by atoms with van der Waals surface area (Å²) in [4.78, 5) is 0. The smallest absolute Gasteiger partial charge is 0.144 e. The lowest BCUT2D eigenvalue weighted by atomic mass is 9.86. The third kappa shape index (κ3) is 2.93. The van der Waals surface area contributed by atoms with Crippen LogP contribution in [0.3, 0.4) is 0 Å². The molecule has 0 N–H and O–H groups in total. The number of benzene rings is 7. The molecule has 0 radical (unpaired) electrons. The van der Waals surface area contributed by atoms with E-state index in [4.69, 9.17) is 8.83 Å². The van der Waals surface area contributed by atoms with Crippen LogP contribution in [-0.2, 0) is 0 Å². The van der Waals surface area contributed by atoms with Crippen LogP contribution in [0.5, 0.6) is 0 Å². The van der Waals surface area contributed by atoms with Crippen LogP contribution in [0.1, 0.15) is 0 Å². The fourth-order valence-corrected chi connectivity index (χ4v) is 6.54. The summed E-state index contributed by atoms with van der Waals surface area (Å²) in [6, 6.07) is 47.1. The summed E-state index contributed by atoms with van der Waals surface area (Å²) in [5, 5.41) is 9.33. The van der Waals surface area contributed by atoms with Crippen molar-refractivity contribution in [1.29, 1.82) is 0 Å². The maximum Gasteiger partial charge on any atom is 0.144 e. The topological polar surface area (TPSA) is 26.3 Å². The van der Waals surface area contributed by atoms with Gasteiger partial charge in [0.2, 0.25) is 0 Å². The van der Waals surface area contributed by atoms with Crippen LogP contribution >= 0.6 is 0 Å². The monoisotopic (exact) mass is 510 g/mol. The lowest BCUT2D eigenvalue weighted by molar-refractivity contribution is 0.669. The van der Waals surface area contributed by atoms with Gasteiger partial charge in [-0.3, -0.25) is 0 Å². The Hall–Kier alpha value is -5.34. The fraction of sp³-hybridized carbons (Fsp3) is 0. The van der Waals surface area contributed by atoms with Gasteiger partial charge in [0.1, 0.15) is 22.3 Å². The van der Waals surface area contributed by atoms with E-state index in [2.05, 4.69) is 115 Å². The normalized spacial score (nSPS) is 12.0. The van der Waals surface area contributed by atoms with E-state index in [0.717, 1.165) is 55.0 Å². The van der Waals surface area contributed by atoms with Gasteiger partial charge in [-0.1, -0.05) is 109 Å². The zero-order chi connectivity index (χ0) is 26.2. The van der Waals surface area contributed by atoms with E-state index in [1.165, 1.54) is 32.7 Å². The van der Waals surface area contributed by atoms with E-state index in [1.807, 2.05) is 18.2 Å². The lowest BCUT2D eigenvalue weighted by Crippen LogP contribution is -1.90. The molecule has 0 aliphatic heterocycles. The quantitative estimate of drug-likeness (QED) is 0.231. The Kier molecular flexibility index (Phi) is 4.36. The van der Waals surface area contributed by atoms with Gasteiger partial charge in [-0.05, 0) is 56.9 Å². The van der Waals surface area contributed by atoms with Gasteiger partial charge in [0.05, 0.1) is 0 Å². The van der Waals surface area contributed by atoms with Crippen molar-refractivity contribution in [3.63, 3.8) is 0 Å². The standard InChI is InChI=1S/C38H22O2/c1-2-12-25-23(10-1)11-9-17-27(25)36-29-15-4-3-14-28(29)35(37-30-16-6-8-19-33(30)40-38(36)37)24-20-21-34-31(22-24)26-13-5-7-18-32(26)39-34/h1-22H. The van der Waals surface area contributed by atoms with E-state index >= 15 is 0 Å². The van der Waals surface area contributed by atoms with Gasteiger partial charge in [-0.15, -0.1) is 0 Å². The Balaban J connectivity index is 1.49. The number of hydrogen-bond donors (Lipinski definition) is 0. The second-order valence-corrected chi connectivity index (χ2v) is 10.4. The first-order valence-electron chi connectivity index (χ1n) is 13.6. The van der Waals surface area contributed by atoms with Gasteiger partial charge in [0.15, 0.2) is 0 Å². The molecule has 9 aromatic rings. The lowest BCUT2D eigenvalue weighted by Gasteiger charge is -2.16. The van der Waals surface area contributed by atoms with Crippen LogP contribution in [0, 0.1) is 0 Å². The zero-order valence-corrected chi connectivity index (χ0v) is 21.5. The summed E-state index contributed by atoms with van der Waals surface area (Å²) >= 11 is 0. The first kappa shape index (κ1) is 21.6. The van der Waals surface area contributed by atoms with Crippen LogP contribution in [-0.4, -0.2) is 0 Å². The number of furan rings is 2. The predicted octanol–water partition coefficient (Wildman–Crippen LogP) is 11.1. The van der Waals surface area contributed by atoms with Crippen molar-refractivity contribution >= 4 is 65.4 Å². The van der Waals surface area contributed by atoms with Crippen LogP contribution in [0.15, 0.2) is 142 Å². The van der Waals surface area contributed by atoms with Crippen LogP contribution < -0.4 is 0 Å². The molecule has 2 aromatic heterocycles. The Bertz CT molecular complexity index is 2430. The van der Waals surface area contributed by atoms with Crippen molar-refractivity contribution in [2.75, 3.05) is 0 Å². The van der Waals surface area contributed by atoms with E-state index < -0.39 is 0 Å². The number of hydrogen-bond acceptors (Lipinski definition) is 2. The molecule has 2 heteroatoms. The highest BCUT2D eigenvalue weighted by atomic mass is 16.3. The second kappa shape index (κ2) is 8.08. The highest BCUT2D eigenvalue weighted by Crippen LogP contribution is 2.49. The van der Waals surface area contributed by atoms with E-state index in [1.54, 1.807) is 0 Å². The summed E-state index contributed by atoms with van der Waals surface area (Å²) in [6.45, 7) is 0. The summed E-state index contributed by atoms with van der Waals surface area (Å²) in [7, 11) is 0. The third-order valence-electron chi connectivity index (χ3n) is 8.26. The Morgan fingerprint density at radius 1 is 0.375 bits per heavy atom. The van der Waals surface area contributed by atoms with Crippen molar-refractivity contribution in [2.24, 2.45) is 0 Å². The van der Waals surface area contributed by atoms with Gasteiger partial charge in [-0.25, -0.2) is 0 Å². The second-order valence-electron chi connectivity index (χ2n) is 10.4. The minimum atomic E-state index is 0.894. The van der Waals surface area contributed by atoms with E-state index in [-0.39, 0.29) is 0 Å². The Morgan fingerprint density at radius 3 is 1.80 bits per heavy atom. The molecule has 186 valence electrons. The molecule has 2 nitrogen and oxygen atoms in total. The first-order chi connectivity index (χ1) is 19.8. The molecule has 0 aliphatic carbocycles. The van der Waals surface area contributed by atoms with Crippen LogP contribution in [0.4, 0.5) is 0 Å². The molecule has 40 heavy (non-hydrogen) atoms. The minimum Gasteiger partial charge on any atom is -0.456 e. The van der Waals surface area contributed by atoms with Gasteiger partial charge in [-0.2, -0.15) is 0 Å². The van der Waals surface area contributed by atoms with Crippen LogP contribution in [0.25, 0.3) is 87.7 Å². The maximum absolute atomic E-state index is 6.78. The largest absolute Gasteiger partial charge is 0.456 e. The summed E-state index contributed by atoms with van der Waals surface area (Å²) in [5.74, 6) is 0. The number of fused-ring (bicyclic) bond motifs is 8. The molecule has 0 saturated carbocycles. The molecular weight excluding hydrogens is 488 g/mol. The zero-order valence-electron chi connectivity index (χ0n) is 21.5. The molecule has 0 spiro atoms. The van der Waals surface area contributed by atoms with Crippen molar-refractivity contribution < 1.29 is 8.83 Å². The van der Waals surface area contributed by atoms with Crippen LogP contribution in [0.2, 0.25) is 0 Å². The SMILES string of the molecule is c1ccc2c(-c3c4ccccc4c(-c4ccc5oc6ccccc6c5c4)c4c3oc3ccccc34)cccc2c1. The van der Waals surface area contributed by atoms with Crippen molar-refractivity contribution in [3.05, 3.63) is 133 Å². The summed E-state index contributed by atoms with van der Waals surface area (Å²) in [5.41, 5.74) is 8.27. The predicted molar refractivity (Wildman–Crippen MR) is 167 cm³/mol. The third-order valence-corrected chi connectivity index (χ3v) is 8.26. The average Bonchev–Trinajstić information content (AvgIpc) is 3.58. The van der Waals surface area contributed by atoms with E-state index in [0.29, 0.717) is 0 Å². The molecule has 2 heterocycles. The summed E-state index contributed by atoms with van der Waals surface area (Å²) in [6.07, 6.45) is 0. The molecule has 9 rings (SSSR count). The van der Waals surface area contributed by atoms with Crippen molar-refractivity contribution in [3.8, 4) is 22.3 Å². The highest BCUT2D eigenvalue weighted by Gasteiger charge is 2.23. The molecule has 7 aromatic carbocycles. The molecular formula is C38H22O2. The summed E-state index contributed by atoms with van der Waals surface area (Å²) < 4.78 is 13.0. The van der Waals surface area contributed by atoms with Crippen molar-refractivity contribution in [1.82, 2.24) is 0 Å². The molecule has 0 atom stereocenters. The number of para-hydroxylation sites is 2. The number of rotatable bonds is 2. The van der Waals surface area contributed by atoms with E-state index in [9.17, 15) is 0 Å². The van der Waals surface area contributed by atoms with Gasteiger partial charge >= 0.3 is 0 Å².